The molecule has 3 heteroatoms. The van der Waals surface area contributed by atoms with Crippen molar-refractivity contribution in [2.75, 3.05) is 6.54 Å². The molecule has 3 nitrogen and oxygen atoms in total. The largest absolute Gasteiger partial charge is 0.387 e. The molecule has 0 spiro atoms. The molecule has 0 saturated heterocycles. The molecular formula is C12H26N3+. The Kier molecular flexibility index (Phi) is 6.21. The van der Waals surface area contributed by atoms with Gasteiger partial charge in [0.25, 0.3) is 0 Å². The zero-order valence-corrected chi connectivity index (χ0v) is 11.3. The Morgan fingerprint density at radius 1 is 1.20 bits per heavy atom. The van der Waals surface area contributed by atoms with Crippen LogP contribution in [0.25, 0.3) is 0 Å². The Balaban J connectivity index is 5.11. The second-order valence-electron chi connectivity index (χ2n) is 4.56. The standard InChI is InChI=1S/C12H25N3/c1-8-15(11(6)7)12(13-9(2)3)14-10(4)5/h9,11H,8H2,1-7H3/p+1. The first kappa shape index (κ1) is 14.1. The number of aliphatic imine (C=N–C) groups is 1. The van der Waals surface area contributed by atoms with Gasteiger partial charge in [-0.3, -0.25) is 9.89 Å². The van der Waals surface area contributed by atoms with Crippen LogP contribution >= 0.6 is 0 Å². The van der Waals surface area contributed by atoms with Crippen molar-refractivity contribution < 1.29 is 4.58 Å². The van der Waals surface area contributed by atoms with Crippen LogP contribution in [-0.2, 0) is 0 Å². The van der Waals surface area contributed by atoms with E-state index in [1.807, 2.05) is 13.8 Å². The molecule has 0 aromatic rings. The van der Waals surface area contributed by atoms with Crippen molar-refractivity contribution in [3.63, 3.8) is 0 Å². The number of hydrogen-bond donors (Lipinski definition) is 1. The number of hydrogen-bond acceptors (Lipinski definition) is 0. The summed E-state index contributed by atoms with van der Waals surface area (Å²) in [7, 11) is 0. The Bertz CT molecular complexity index is 246. The SMILES string of the molecule is CC[N+](=C(N=C(C)C)NC(C)C)C(C)C. The highest BCUT2D eigenvalue weighted by atomic mass is 15.2. The molecule has 0 amide bonds. The molecular weight excluding hydrogens is 186 g/mol. The molecule has 0 heterocycles. The first-order valence-corrected chi connectivity index (χ1v) is 5.80. The molecule has 0 aliphatic rings. The van der Waals surface area contributed by atoms with Crippen molar-refractivity contribution in [1.29, 1.82) is 0 Å². The van der Waals surface area contributed by atoms with Crippen molar-refractivity contribution in [1.82, 2.24) is 5.32 Å². The Labute approximate surface area is 94.3 Å². The molecule has 0 aliphatic heterocycles. The fourth-order valence-corrected chi connectivity index (χ4v) is 1.41. The lowest BCUT2D eigenvalue weighted by molar-refractivity contribution is -0.558. The Morgan fingerprint density at radius 3 is 2.00 bits per heavy atom. The summed E-state index contributed by atoms with van der Waals surface area (Å²) in [6.45, 7) is 15.8. The van der Waals surface area contributed by atoms with Gasteiger partial charge >= 0.3 is 5.96 Å². The monoisotopic (exact) mass is 212 g/mol. The normalized spacial score (nSPS) is 12.9. The number of nitrogens with zero attached hydrogens (tertiary/aromatic N) is 2. The van der Waals surface area contributed by atoms with Gasteiger partial charge in [0.05, 0.1) is 24.3 Å². The molecule has 0 fully saturated rings. The van der Waals surface area contributed by atoms with Crippen LogP contribution < -0.4 is 5.32 Å². The second kappa shape index (κ2) is 6.59. The Morgan fingerprint density at radius 2 is 1.73 bits per heavy atom. The summed E-state index contributed by atoms with van der Waals surface area (Å²) < 4.78 is 2.27. The zero-order valence-electron chi connectivity index (χ0n) is 11.3. The maximum Gasteiger partial charge on any atom is 0.387 e. The molecule has 0 aromatic carbocycles. The molecule has 0 saturated carbocycles. The van der Waals surface area contributed by atoms with Crippen LogP contribution in [0.15, 0.2) is 4.99 Å². The quantitative estimate of drug-likeness (QED) is 0.434. The summed E-state index contributed by atoms with van der Waals surface area (Å²) in [5.74, 6) is 0.988. The highest BCUT2D eigenvalue weighted by Gasteiger charge is 2.15. The van der Waals surface area contributed by atoms with Crippen LogP contribution in [0.1, 0.15) is 48.5 Å². The number of guanidine groups is 1. The molecule has 15 heavy (non-hydrogen) atoms. The maximum absolute atomic E-state index is 4.56. The Hall–Kier alpha value is -0.860. The topological polar surface area (TPSA) is 27.4 Å². The van der Waals surface area contributed by atoms with Crippen molar-refractivity contribution in [3.8, 4) is 0 Å². The summed E-state index contributed by atoms with van der Waals surface area (Å²) in [6.07, 6.45) is 0. The first-order valence-electron chi connectivity index (χ1n) is 5.80. The van der Waals surface area contributed by atoms with Gasteiger partial charge in [0.1, 0.15) is 0 Å². The number of nitrogens with one attached hydrogen (secondary N) is 1. The summed E-state index contributed by atoms with van der Waals surface area (Å²) in [6, 6.07) is 0.884. The summed E-state index contributed by atoms with van der Waals surface area (Å²) >= 11 is 0. The smallest absolute Gasteiger partial charge is 0.273 e. The van der Waals surface area contributed by atoms with Gasteiger partial charge in [0.15, 0.2) is 0 Å². The third-order valence-electron chi connectivity index (χ3n) is 1.98. The van der Waals surface area contributed by atoms with Gasteiger partial charge in [-0.25, -0.2) is 0 Å². The lowest BCUT2D eigenvalue weighted by Gasteiger charge is -2.14. The van der Waals surface area contributed by atoms with E-state index in [1.54, 1.807) is 0 Å². The van der Waals surface area contributed by atoms with Gasteiger partial charge < -0.3 is 0 Å². The van der Waals surface area contributed by atoms with Crippen molar-refractivity contribution in [3.05, 3.63) is 0 Å². The van der Waals surface area contributed by atoms with E-state index in [2.05, 4.69) is 49.5 Å². The molecule has 0 atom stereocenters. The maximum atomic E-state index is 4.56. The predicted molar refractivity (Wildman–Crippen MR) is 68.0 cm³/mol. The van der Waals surface area contributed by atoms with Gasteiger partial charge in [-0.1, -0.05) is 4.99 Å². The molecule has 0 radical (unpaired) electrons. The second-order valence-corrected chi connectivity index (χ2v) is 4.56. The minimum absolute atomic E-state index is 0.413. The van der Waals surface area contributed by atoms with E-state index in [9.17, 15) is 0 Å². The van der Waals surface area contributed by atoms with Crippen molar-refractivity contribution in [2.45, 2.75) is 60.5 Å². The molecule has 0 aromatic heterocycles. The van der Waals surface area contributed by atoms with Crippen LogP contribution in [0.3, 0.4) is 0 Å². The molecule has 0 unspecified atom stereocenters. The lowest BCUT2D eigenvalue weighted by atomic mass is 10.3. The van der Waals surface area contributed by atoms with Gasteiger partial charge in [-0.2, -0.15) is 0 Å². The summed E-state index contributed by atoms with van der Waals surface area (Å²) in [5, 5.41) is 3.40. The summed E-state index contributed by atoms with van der Waals surface area (Å²) in [4.78, 5) is 4.56. The van der Waals surface area contributed by atoms with E-state index in [0.717, 1.165) is 18.2 Å². The van der Waals surface area contributed by atoms with Crippen LogP contribution in [-0.4, -0.2) is 34.9 Å². The predicted octanol–water partition coefficient (Wildman–Crippen LogP) is 2.26. The van der Waals surface area contributed by atoms with E-state index < -0.39 is 0 Å². The van der Waals surface area contributed by atoms with Gasteiger partial charge in [-0.15, -0.1) is 0 Å². The fourth-order valence-electron chi connectivity index (χ4n) is 1.41. The van der Waals surface area contributed by atoms with E-state index in [1.165, 1.54) is 0 Å². The fraction of sp³-hybridized carbons (Fsp3) is 0.833. The average molecular weight is 212 g/mol. The van der Waals surface area contributed by atoms with Crippen molar-refractivity contribution >= 4 is 11.7 Å². The third kappa shape index (κ3) is 5.55. The van der Waals surface area contributed by atoms with Crippen LogP contribution in [0.2, 0.25) is 0 Å². The van der Waals surface area contributed by atoms with Gasteiger partial charge in [0.2, 0.25) is 0 Å². The lowest BCUT2D eigenvalue weighted by Crippen LogP contribution is -2.39. The minimum atomic E-state index is 0.413. The molecule has 0 aliphatic carbocycles. The third-order valence-corrected chi connectivity index (χ3v) is 1.98. The van der Waals surface area contributed by atoms with E-state index in [0.29, 0.717) is 12.1 Å². The first-order chi connectivity index (χ1) is 6.88. The van der Waals surface area contributed by atoms with Crippen LogP contribution in [0.4, 0.5) is 0 Å². The van der Waals surface area contributed by atoms with Crippen molar-refractivity contribution in [2.24, 2.45) is 4.99 Å². The van der Waals surface area contributed by atoms with Gasteiger partial charge in [-0.05, 0) is 48.5 Å². The highest BCUT2D eigenvalue weighted by Crippen LogP contribution is 1.93. The summed E-state index contributed by atoms with van der Waals surface area (Å²) in [5.41, 5.74) is 1.08. The van der Waals surface area contributed by atoms with E-state index in [-0.39, 0.29) is 0 Å². The van der Waals surface area contributed by atoms with E-state index >= 15 is 0 Å². The number of rotatable bonds is 3. The average Bonchev–Trinajstić information content (AvgIpc) is 2.01. The van der Waals surface area contributed by atoms with Crippen LogP contribution in [0.5, 0.6) is 0 Å². The molecule has 1 N–H and O–H groups in total. The molecule has 88 valence electrons. The molecule has 0 rings (SSSR count). The highest BCUT2D eigenvalue weighted by molar-refractivity contribution is 5.92. The minimum Gasteiger partial charge on any atom is -0.273 e. The molecule has 0 bridgehead atoms. The van der Waals surface area contributed by atoms with E-state index in [4.69, 9.17) is 0 Å². The van der Waals surface area contributed by atoms with Crippen LogP contribution in [0, 0.1) is 0 Å². The zero-order chi connectivity index (χ0) is 12.0. The van der Waals surface area contributed by atoms with Gasteiger partial charge in [0, 0.05) is 0 Å².